The van der Waals surface area contributed by atoms with Crippen LogP contribution in [0.3, 0.4) is 0 Å². The van der Waals surface area contributed by atoms with E-state index in [1.165, 1.54) is 6.26 Å². The van der Waals surface area contributed by atoms with Crippen LogP contribution in [0.1, 0.15) is 33.6 Å². The molecule has 3 nitrogen and oxygen atoms in total. The summed E-state index contributed by atoms with van der Waals surface area (Å²) in [5.41, 5.74) is 0. The van der Waals surface area contributed by atoms with Gasteiger partial charge in [0.05, 0.1) is 12.6 Å². The van der Waals surface area contributed by atoms with E-state index < -0.39 is 19.9 Å². The van der Waals surface area contributed by atoms with Crippen LogP contribution in [0.5, 0.6) is 0 Å². The second-order valence-electron chi connectivity index (χ2n) is 4.73. The van der Waals surface area contributed by atoms with Crippen molar-refractivity contribution in [3.8, 4) is 0 Å². The van der Waals surface area contributed by atoms with Gasteiger partial charge in [-0.25, -0.2) is 8.42 Å². The Morgan fingerprint density at radius 2 is 1.71 bits per heavy atom. The van der Waals surface area contributed by atoms with Crippen molar-refractivity contribution in [1.29, 1.82) is 0 Å². The molecular weight excluding hydrogens is 199 g/mol. The van der Waals surface area contributed by atoms with Gasteiger partial charge in [0, 0.05) is 12.7 Å². The van der Waals surface area contributed by atoms with Gasteiger partial charge in [0.15, 0.2) is 9.84 Å². The average molecular weight is 216 g/mol. The Kier molecular flexibility index (Phi) is 3.96. The summed E-state index contributed by atoms with van der Waals surface area (Å²) in [5, 5.41) is -0.756. The Morgan fingerprint density at radius 3 is 2.00 bits per heavy atom. The molecule has 1 atom stereocenters. The first-order valence-corrected chi connectivity index (χ1v) is 6.33. The molecule has 0 aliphatic carbocycles. The van der Waals surface area contributed by atoms with Gasteiger partial charge in [-0.05, 0) is 20.3 Å². The molecule has 0 rings (SSSR count). The van der Waals surface area contributed by atoms with Crippen molar-refractivity contribution in [1.82, 2.24) is 0 Å². The molecule has 0 bridgehead atoms. The topological polar surface area (TPSA) is 51.2 Å². The normalized spacial score (nSPS) is 17.4. The molecule has 0 saturated heterocycles. The van der Waals surface area contributed by atoms with Gasteiger partial charge in [0.2, 0.25) is 0 Å². The molecule has 0 saturated carbocycles. The van der Waals surface area contributed by atoms with Crippen LogP contribution in [0.15, 0.2) is 0 Å². The number of hydrogen-bond donors (Lipinski definition) is 0. The second-order valence-corrected chi connectivity index (χ2v) is 7.38. The second kappa shape index (κ2) is 4.05. The first kappa shape index (κ1) is 13.7. The minimum atomic E-state index is -3.15. The third-order valence-corrected chi connectivity index (χ3v) is 4.53. The fourth-order valence-corrected chi connectivity index (χ4v) is 1.96. The van der Waals surface area contributed by atoms with E-state index in [-0.39, 0.29) is 12.8 Å². The van der Waals surface area contributed by atoms with Gasteiger partial charge in [0.1, 0.15) is 6.29 Å². The van der Waals surface area contributed by atoms with Crippen LogP contribution in [0, 0.1) is 0 Å². The van der Waals surface area contributed by atoms with Crippen molar-refractivity contribution in [2.45, 2.75) is 43.7 Å². The number of rotatable bonds is 5. The number of carbonyl (C=O) groups excluding carboxylic acids is 1. The highest BCUT2D eigenvalue weighted by molar-refractivity contribution is 7.92. The lowest BCUT2D eigenvalue weighted by Crippen LogP contribution is -2.35. The van der Waals surface area contributed by atoms with E-state index in [1.807, 2.05) is 0 Å². The largest absolute Gasteiger partial charge is 0.303 e. The molecule has 0 spiro atoms. The van der Waals surface area contributed by atoms with Crippen molar-refractivity contribution < 1.29 is 13.2 Å². The number of aldehydes is 1. The zero-order valence-electron chi connectivity index (χ0n) is 9.20. The van der Waals surface area contributed by atoms with Crippen LogP contribution in [0.25, 0.3) is 0 Å². The first-order valence-electron chi connectivity index (χ1n) is 4.44. The van der Waals surface area contributed by atoms with Crippen molar-refractivity contribution in [3.63, 3.8) is 0 Å². The third-order valence-electron chi connectivity index (χ3n) is 2.38. The van der Waals surface area contributed by atoms with Crippen LogP contribution in [-0.2, 0) is 14.6 Å². The van der Waals surface area contributed by atoms with Crippen molar-refractivity contribution in [3.05, 3.63) is 0 Å². The van der Waals surface area contributed by atoms with Crippen LogP contribution >= 0.6 is 0 Å². The summed E-state index contributed by atoms with van der Waals surface area (Å²) in [4.78, 5) is 10.3. The summed E-state index contributed by atoms with van der Waals surface area (Å²) in [6.07, 6.45) is 2.35. The predicted octanol–water partition coefficient (Wildman–Crippen LogP) is 1.14. The van der Waals surface area contributed by atoms with Crippen LogP contribution < -0.4 is 0 Å². The highest BCUT2D eigenvalue weighted by Gasteiger charge is 2.35. The highest BCUT2D eigenvalue weighted by Crippen LogP contribution is 2.37. The third kappa shape index (κ3) is 3.82. The molecule has 1 unspecified atom stereocenters. The van der Waals surface area contributed by atoms with Gasteiger partial charge in [-0.15, -0.1) is 0 Å². The first-order chi connectivity index (χ1) is 6.02. The van der Waals surface area contributed by atoms with E-state index in [2.05, 4.69) is 0 Å². The van der Waals surface area contributed by atoms with Crippen molar-refractivity contribution in [2.24, 2.45) is 0 Å². The van der Waals surface area contributed by atoms with E-state index in [1.54, 1.807) is 20.8 Å². The summed E-state index contributed by atoms with van der Waals surface area (Å²) >= 11 is 0. The lowest BCUT2D eigenvalue weighted by Gasteiger charge is -2.32. The van der Waals surface area contributed by atoms with Crippen LogP contribution in [0.2, 0.25) is 5.31 Å². The summed E-state index contributed by atoms with van der Waals surface area (Å²) in [7, 11) is 2.66. The molecule has 14 heavy (non-hydrogen) atoms. The van der Waals surface area contributed by atoms with Gasteiger partial charge in [-0.2, -0.15) is 0 Å². The average Bonchev–Trinajstić information content (AvgIpc) is 1.80. The quantitative estimate of drug-likeness (QED) is 0.511. The van der Waals surface area contributed by atoms with Crippen LogP contribution in [-0.4, -0.2) is 33.6 Å². The van der Waals surface area contributed by atoms with Crippen LogP contribution in [0.4, 0.5) is 0 Å². The van der Waals surface area contributed by atoms with E-state index >= 15 is 0 Å². The van der Waals surface area contributed by atoms with Gasteiger partial charge in [0.25, 0.3) is 0 Å². The molecule has 0 fully saturated rings. The summed E-state index contributed by atoms with van der Waals surface area (Å²) in [5.74, 6) is 0. The monoisotopic (exact) mass is 216 g/mol. The molecule has 0 aromatic rings. The van der Waals surface area contributed by atoms with Gasteiger partial charge >= 0.3 is 0 Å². The molecule has 0 aromatic heterocycles. The summed E-state index contributed by atoms with van der Waals surface area (Å²) in [6.45, 7) is 4.94. The van der Waals surface area contributed by atoms with Gasteiger partial charge in [-0.1, -0.05) is 12.2 Å². The maximum absolute atomic E-state index is 11.4. The van der Waals surface area contributed by atoms with E-state index in [9.17, 15) is 13.2 Å². The zero-order valence-corrected chi connectivity index (χ0v) is 10.0. The SMILES string of the molecule is [B]C(C)(CC=O)CC(C)(C)S(C)(=O)=O. The molecule has 0 aromatic carbocycles. The molecule has 0 aliphatic rings. The van der Waals surface area contributed by atoms with Gasteiger partial charge < -0.3 is 4.79 Å². The molecule has 2 radical (unpaired) electrons. The Balaban J connectivity index is 4.75. The highest BCUT2D eigenvalue weighted by atomic mass is 32.2. The molecule has 0 heterocycles. The maximum atomic E-state index is 11.4. The molecular formula is C9H17BO3S. The van der Waals surface area contributed by atoms with E-state index in [4.69, 9.17) is 7.85 Å². The maximum Gasteiger partial charge on any atom is 0.152 e. The molecule has 80 valence electrons. The van der Waals surface area contributed by atoms with E-state index in [0.29, 0.717) is 0 Å². The fraction of sp³-hybridized carbons (Fsp3) is 0.889. The number of hydrogen-bond acceptors (Lipinski definition) is 3. The lowest BCUT2D eigenvalue weighted by atomic mass is 9.64. The lowest BCUT2D eigenvalue weighted by molar-refractivity contribution is -0.108. The minimum absolute atomic E-state index is 0.173. The Bertz CT molecular complexity index is 304. The standard InChI is InChI=1S/C9H17BO3S/c1-8(2,14(4,12)13)7-9(3,10)5-6-11/h6H,5,7H2,1-4H3. The zero-order chi connectivity index (χ0) is 11.6. The predicted molar refractivity (Wildman–Crippen MR) is 58.3 cm³/mol. The molecule has 0 N–H and O–H groups in total. The fourth-order valence-electron chi connectivity index (χ4n) is 1.37. The Morgan fingerprint density at radius 1 is 1.29 bits per heavy atom. The summed E-state index contributed by atoms with van der Waals surface area (Å²) in [6, 6.07) is 0. The number of sulfone groups is 1. The summed E-state index contributed by atoms with van der Waals surface area (Å²) < 4.78 is 21.9. The molecule has 5 heteroatoms. The van der Waals surface area contributed by atoms with Crippen molar-refractivity contribution >= 4 is 24.0 Å². The minimum Gasteiger partial charge on any atom is -0.303 e. The molecule has 0 aliphatic heterocycles. The molecule has 0 amide bonds. The van der Waals surface area contributed by atoms with E-state index in [0.717, 1.165) is 6.29 Å². The number of carbonyl (C=O) groups is 1. The smallest absolute Gasteiger partial charge is 0.152 e. The van der Waals surface area contributed by atoms with Gasteiger partial charge in [-0.3, -0.25) is 0 Å². The Hall–Kier alpha value is -0.315. The van der Waals surface area contributed by atoms with Crippen molar-refractivity contribution in [2.75, 3.05) is 6.26 Å². The Labute approximate surface area is 87.6 Å².